The number of rotatable bonds is 9. The van der Waals surface area contributed by atoms with E-state index in [1.807, 2.05) is 11.8 Å². The number of carboxylic acids is 2. The number of aromatic carboxylic acids is 1. The quantitative estimate of drug-likeness (QED) is 0.401. The predicted octanol–water partition coefficient (Wildman–Crippen LogP) is 4.95. The molecule has 0 spiro atoms. The minimum Gasteiger partial charge on any atom is -0.478 e. The maximum atomic E-state index is 12.8. The summed E-state index contributed by atoms with van der Waals surface area (Å²) in [7, 11) is -3.87. The molecule has 0 aliphatic rings. The molecule has 2 rings (SSSR count). The molecule has 0 atom stereocenters. The highest BCUT2D eigenvalue weighted by molar-refractivity contribution is 7.92. The van der Waals surface area contributed by atoms with Crippen LogP contribution in [0.5, 0.6) is 0 Å². The van der Waals surface area contributed by atoms with Crippen molar-refractivity contribution in [2.75, 3.05) is 22.7 Å². The van der Waals surface area contributed by atoms with E-state index in [2.05, 4.69) is 37.4 Å². The minimum atomic E-state index is -5.08. The van der Waals surface area contributed by atoms with E-state index in [1.165, 1.54) is 12.3 Å². The highest BCUT2D eigenvalue weighted by Gasteiger charge is 2.38. The molecule has 1 aromatic heterocycles. The van der Waals surface area contributed by atoms with Gasteiger partial charge in [0.2, 0.25) is 0 Å². The molecule has 13 heteroatoms. The van der Waals surface area contributed by atoms with Gasteiger partial charge in [0.1, 0.15) is 11.4 Å². The van der Waals surface area contributed by atoms with Gasteiger partial charge in [0.25, 0.3) is 10.0 Å². The number of sulfonamides is 1. The second kappa shape index (κ2) is 12.7. The zero-order chi connectivity index (χ0) is 28.7. The molecule has 1 aromatic carbocycles. The molecule has 0 bridgehead atoms. The summed E-state index contributed by atoms with van der Waals surface area (Å²) in [6.07, 6.45) is -3.71. The molecule has 2 aromatic rings. The molecule has 1 heterocycles. The fourth-order valence-corrected chi connectivity index (χ4v) is 4.62. The Morgan fingerprint density at radius 1 is 1.03 bits per heavy atom. The van der Waals surface area contributed by atoms with E-state index in [1.54, 1.807) is 25.1 Å². The van der Waals surface area contributed by atoms with Gasteiger partial charge in [-0.15, -0.1) is 0 Å². The molecule has 9 nitrogen and oxygen atoms in total. The number of carbonyl (C=O) groups is 2. The highest BCUT2D eigenvalue weighted by Crippen LogP contribution is 2.26. The molecule has 0 saturated carbocycles. The summed E-state index contributed by atoms with van der Waals surface area (Å²) in [4.78, 5) is 27.3. The SMILES string of the molecule is Cc1ccc(S(=O)(=O)Nc2cnc(N(CC(C)C)CC(C)C)c(C(=O)O)c2)c(C)c1.O=C(O)C(F)(F)F. The summed E-state index contributed by atoms with van der Waals surface area (Å²) >= 11 is 0. The molecule has 0 radical (unpaired) electrons. The first-order chi connectivity index (χ1) is 16.8. The number of carboxylic acid groups (broad SMARTS) is 2. The lowest BCUT2D eigenvalue weighted by atomic mass is 10.1. The molecule has 37 heavy (non-hydrogen) atoms. The Hall–Kier alpha value is -3.35. The maximum Gasteiger partial charge on any atom is 0.490 e. The van der Waals surface area contributed by atoms with Crippen molar-refractivity contribution in [3.63, 3.8) is 0 Å². The summed E-state index contributed by atoms with van der Waals surface area (Å²) in [5.74, 6) is -2.93. The number of hydrogen-bond donors (Lipinski definition) is 3. The number of pyridine rings is 1. The fourth-order valence-electron chi connectivity index (χ4n) is 3.36. The number of alkyl halides is 3. The van der Waals surface area contributed by atoms with Crippen LogP contribution in [0.25, 0.3) is 0 Å². The van der Waals surface area contributed by atoms with Crippen molar-refractivity contribution < 1.29 is 41.4 Å². The second-order valence-corrected chi connectivity index (χ2v) is 10.9. The van der Waals surface area contributed by atoms with Crippen LogP contribution in [0.15, 0.2) is 35.4 Å². The molecule has 3 N–H and O–H groups in total. The number of aliphatic carboxylic acids is 1. The van der Waals surface area contributed by atoms with E-state index in [9.17, 15) is 31.5 Å². The van der Waals surface area contributed by atoms with Crippen molar-refractivity contribution in [2.45, 2.75) is 52.6 Å². The van der Waals surface area contributed by atoms with Crippen LogP contribution in [0.2, 0.25) is 0 Å². The van der Waals surface area contributed by atoms with E-state index >= 15 is 0 Å². The van der Waals surface area contributed by atoms with Gasteiger partial charge < -0.3 is 15.1 Å². The smallest absolute Gasteiger partial charge is 0.478 e. The molecule has 206 valence electrons. The van der Waals surface area contributed by atoms with Gasteiger partial charge in [-0.3, -0.25) is 4.72 Å². The third-order valence-electron chi connectivity index (χ3n) is 4.68. The number of aryl methyl sites for hydroxylation is 2. The Kier molecular flexibility index (Phi) is 10.9. The molecule has 0 aliphatic carbocycles. The Morgan fingerprint density at radius 2 is 1.54 bits per heavy atom. The van der Waals surface area contributed by atoms with Crippen LogP contribution in [-0.4, -0.2) is 54.8 Å². The lowest BCUT2D eigenvalue weighted by Crippen LogP contribution is -2.33. The van der Waals surface area contributed by atoms with Crippen molar-refractivity contribution in [1.29, 1.82) is 0 Å². The number of hydrogen-bond acceptors (Lipinski definition) is 6. The Morgan fingerprint density at radius 3 is 1.95 bits per heavy atom. The molecule has 0 amide bonds. The van der Waals surface area contributed by atoms with Gasteiger partial charge in [0.15, 0.2) is 0 Å². The zero-order valence-electron chi connectivity index (χ0n) is 21.4. The van der Waals surface area contributed by atoms with Crippen LogP contribution in [0.1, 0.15) is 49.2 Å². The van der Waals surface area contributed by atoms with Gasteiger partial charge >= 0.3 is 18.1 Å². The van der Waals surface area contributed by atoms with Crippen LogP contribution in [0, 0.1) is 25.7 Å². The monoisotopic (exact) mass is 547 g/mol. The maximum absolute atomic E-state index is 12.8. The van der Waals surface area contributed by atoms with E-state index in [0.29, 0.717) is 36.3 Å². The van der Waals surface area contributed by atoms with E-state index in [0.717, 1.165) is 5.56 Å². The molecule has 0 fully saturated rings. The molecular formula is C24H32F3N3O6S. The van der Waals surface area contributed by atoms with Gasteiger partial charge in [-0.25, -0.2) is 23.0 Å². The summed E-state index contributed by atoms with van der Waals surface area (Å²) in [6.45, 7) is 13.1. The Labute approximate surface area is 214 Å². The van der Waals surface area contributed by atoms with Crippen LogP contribution >= 0.6 is 0 Å². The van der Waals surface area contributed by atoms with Gasteiger partial charge in [-0.2, -0.15) is 13.2 Å². The van der Waals surface area contributed by atoms with Gasteiger partial charge in [-0.1, -0.05) is 45.4 Å². The number of benzene rings is 1. The van der Waals surface area contributed by atoms with Crippen molar-refractivity contribution >= 4 is 33.5 Å². The first kappa shape index (κ1) is 31.7. The lowest BCUT2D eigenvalue weighted by Gasteiger charge is -2.28. The van der Waals surface area contributed by atoms with Crippen LogP contribution < -0.4 is 9.62 Å². The largest absolute Gasteiger partial charge is 0.490 e. The second-order valence-electron chi connectivity index (χ2n) is 9.27. The first-order valence-electron chi connectivity index (χ1n) is 11.2. The van der Waals surface area contributed by atoms with E-state index < -0.39 is 28.1 Å². The summed E-state index contributed by atoms with van der Waals surface area (Å²) in [5.41, 5.74) is 1.66. The number of nitrogens with one attached hydrogen (secondary N) is 1. The first-order valence-corrected chi connectivity index (χ1v) is 12.7. The third-order valence-corrected chi connectivity index (χ3v) is 6.22. The Bertz CT molecular complexity index is 1200. The molecule has 0 saturated heterocycles. The van der Waals surface area contributed by atoms with Gasteiger partial charge in [0.05, 0.1) is 16.8 Å². The van der Waals surface area contributed by atoms with Crippen LogP contribution in [0.4, 0.5) is 24.7 Å². The Balaban J connectivity index is 0.000000856. The summed E-state index contributed by atoms with van der Waals surface area (Å²) in [6, 6.07) is 6.38. The standard InChI is InChI=1S/C22H31N3O4S.C2HF3O2/c1-14(2)12-25(13-15(3)4)21-19(22(26)27)10-18(11-23-21)24-30(28,29)20-8-7-16(5)9-17(20)6;3-2(4,5)1(6)7/h7-11,14-15,24H,12-13H2,1-6H3,(H,26,27);(H,6,7). The van der Waals surface area contributed by atoms with Crippen molar-refractivity contribution in [1.82, 2.24) is 4.98 Å². The average Bonchev–Trinajstić information content (AvgIpc) is 2.71. The number of halogens is 3. The van der Waals surface area contributed by atoms with Crippen LogP contribution in [0.3, 0.4) is 0 Å². The van der Waals surface area contributed by atoms with E-state index in [-0.39, 0.29) is 16.1 Å². The minimum absolute atomic E-state index is 0.0304. The van der Waals surface area contributed by atoms with Gasteiger partial charge in [0, 0.05) is 13.1 Å². The molecule has 0 unspecified atom stereocenters. The van der Waals surface area contributed by atoms with Crippen molar-refractivity contribution in [3.8, 4) is 0 Å². The molecule has 0 aliphatic heterocycles. The van der Waals surface area contributed by atoms with Crippen LogP contribution in [-0.2, 0) is 14.8 Å². The highest BCUT2D eigenvalue weighted by atomic mass is 32.2. The zero-order valence-corrected chi connectivity index (χ0v) is 22.2. The number of nitrogens with zero attached hydrogens (tertiary/aromatic N) is 2. The average molecular weight is 548 g/mol. The fraction of sp³-hybridized carbons (Fsp3) is 0.458. The number of aromatic nitrogens is 1. The third kappa shape index (κ3) is 9.90. The van der Waals surface area contributed by atoms with Crippen molar-refractivity contribution in [3.05, 3.63) is 47.2 Å². The predicted molar refractivity (Wildman–Crippen MR) is 134 cm³/mol. The topological polar surface area (TPSA) is 137 Å². The number of anilines is 2. The summed E-state index contributed by atoms with van der Waals surface area (Å²) in [5, 5.41) is 16.9. The normalized spacial score (nSPS) is 11.6. The summed E-state index contributed by atoms with van der Waals surface area (Å²) < 4.78 is 59.9. The lowest BCUT2D eigenvalue weighted by molar-refractivity contribution is -0.192. The van der Waals surface area contributed by atoms with Gasteiger partial charge in [-0.05, 0) is 43.4 Å². The van der Waals surface area contributed by atoms with Crippen molar-refractivity contribution in [2.24, 2.45) is 11.8 Å². The van der Waals surface area contributed by atoms with E-state index in [4.69, 9.17) is 9.90 Å². The molecular weight excluding hydrogens is 515 g/mol.